The maximum atomic E-state index is 12.3. The molecule has 0 bridgehead atoms. The minimum Gasteiger partial charge on any atom is -0.483 e. The monoisotopic (exact) mass is 382 g/mol. The van der Waals surface area contributed by atoms with Crippen molar-refractivity contribution in [2.75, 3.05) is 26.0 Å². The average Bonchev–Trinajstić information content (AvgIpc) is 2.70. The number of para-hydroxylation sites is 1. The molecular weight excluding hydrogens is 352 g/mol. The molecule has 0 heterocycles. The van der Waals surface area contributed by atoms with E-state index in [1.807, 2.05) is 48.5 Å². The van der Waals surface area contributed by atoms with Crippen LogP contribution >= 0.6 is 0 Å². The molecule has 0 aliphatic heterocycles. The van der Waals surface area contributed by atoms with Gasteiger partial charge in [-0.1, -0.05) is 44.2 Å². The van der Waals surface area contributed by atoms with Gasteiger partial charge in [-0.2, -0.15) is 0 Å². The summed E-state index contributed by atoms with van der Waals surface area (Å²) in [5.41, 5.74) is 2.83. The maximum Gasteiger partial charge on any atom is 0.262 e. The molecule has 2 rings (SSSR count). The lowest BCUT2D eigenvalue weighted by Crippen LogP contribution is -2.22. The minimum atomic E-state index is -0.208. The number of benzene rings is 2. The highest BCUT2D eigenvalue weighted by atomic mass is 16.5. The fraction of sp³-hybridized carbons (Fsp3) is 0.391. The Balaban J connectivity index is 1.92. The van der Waals surface area contributed by atoms with E-state index >= 15 is 0 Å². The summed E-state index contributed by atoms with van der Waals surface area (Å²) in [4.78, 5) is 25.6. The van der Waals surface area contributed by atoms with Gasteiger partial charge in [-0.25, -0.2) is 0 Å². The molecule has 0 radical (unpaired) electrons. The molecule has 5 heteroatoms. The molecule has 2 amide bonds. The van der Waals surface area contributed by atoms with Crippen molar-refractivity contribution in [3.8, 4) is 5.75 Å². The zero-order chi connectivity index (χ0) is 20.5. The third-order valence-corrected chi connectivity index (χ3v) is 4.76. The number of anilines is 1. The summed E-state index contributed by atoms with van der Waals surface area (Å²) in [5.74, 6) is 1.01. The van der Waals surface area contributed by atoms with E-state index in [-0.39, 0.29) is 18.4 Å². The van der Waals surface area contributed by atoms with Crippen LogP contribution in [0, 0.1) is 0 Å². The van der Waals surface area contributed by atoms with E-state index in [1.54, 1.807) is 19.0 Å². The summed E-state index contributed by atoms with van der Waals surface area (Å²) in [7, 11) is 3.50. The number of carbonyl (C=O) groups is 2. The first-order chi connectivity index (χ1) is 13.4. The normalized spacial score (nSPS) is 11.6. The first-order valence-corrected chi connectivity index (χ1v) is 9.71. The second-order valence-electron chi connectivity index (χ2n) is 7.17. The van der Waals surface area contributed by atoms with Crippen LogP contribution < -0.4 is 10.1 Å². The van der Waals surface area contributed by atoms with Crippen molar-refractivity contribution in [3.63, 3.8) is 0 Å². The molecule has 0 aliphatic carbocycles. The fourth-order valence-electron chi connectivity index (χ4n) is 2.86. The first-order valence-electron chi connectivity index (χ1n) is 9.71. The molecule has 1 unspecified atom stereocenters. The van der Waals surface area contributed by atoms with Gasteiger partial charge in [0.25, 0.3) is 5.91 Å². The third kappa shape index (κ3) is 6.41. The molecule has 2 aromatic carbocycles. The van der Waals surface area contributed by atoms with Gasteiger partial charge in [0.2, 0.25) is 5.91 Å². The number of carbonyl (C=O) groups excluding carboxylic acids is 2. The number of nitrogens with one attached hydrogen (secondary N) is 1. The molecular formula is C23H30N2O3. The molecule has 0 fully saturated rings. The number of aryl methyl sites for hydroxylation is 1. The Morgan fingerprint density at radius 3 is 2.57 bits per heavy atom. The van der Waals surface area contributed by atoms with Crippen molar-refractivity contribution in [2.45, 2.75) is 39.0 Å². The average molecular weight is 383 g/mol. The number of hydrogen-bond donors (Lipinski definition) is 1. The van der Waals surface area contributed by atoms with Crippen LogP contribution in [0.5, 0.6) is 5.75 Å². The molecule has 2 aromatic rings. The van der Waals surface area contributed by atoms with Gasteiger partial charge in [0.05, 0.1) is 0 Å². The number of hydrogen-bond acceptors (Lipinski definition) is 3. The van der Waals surface area contributed by atoms with Crippen molar-refractivity contribution >= 4 is 17.5 Å². The summed E-state index contributed by atoms with van der Waals surface area (Å²) in [5, 5.41) is 2.87. The highest BCUT2D eigenvalue weighted by molar-refractivity contribution is 5.92. The molecule has 0 aromatic heterocycles. The van der Waals surface area contributed by atoms with Crippen LogP contribution in [0.3, 0.4) is 0 Å². The SMILES string of the molecule is CCC(C)c1ccccc1OCC(=O)Nc1cccc(CCC(=O)N(C)C)c1. The van der Waals surface area contributed by atoms with Crippen LogP contribution in [0.4, 0.5) is 5.69 Å². The zero-order valence-corrected chi connectivity index (χ0v) is 17.2. The number of ether oxygens (including phenoxy) is 1. The van der Waals surface area contributed by atoms with Crippen LogP contribution in [0.1, 0.15) is 43.7 Å². The van der Waals surface area contributed by atoms with Crippen molar-refractivity contribution in [2.24, 2.45) is 0 Å². The van der Waals surface area contributed by atoms with Crippen LogP contribution in [0.15, 0.2) is 48.5 Å². The predicted octanol–water partition coefficient (Wildman–Crippen LogP) is 4.24. The topological polar surface area (TPSA) is 58.6 Å². The summed E-state index contributed by atoms with van der Waals surface area (Å²) in [6, 6.07) is 15.4. The quantitative estimate of drug-likeness (QED) is 0.706. The van der Waals surface area contributed by atoms with Crippen LogP contribution in [0.2, 0.25) is 0 Å². The molecule has 0 aliphatic rings. The van der Waals surface area contributed by atoms with Gasteiger partial charge in [-0.15, -0.1) is 0 Å². The lowest BCUT2D eigenvalue weighted by Gasteiger charge is -2.15. The standard InChI is InChI=1S/C23H30N2O3/c1-5-17(2)20-11-6-7-12-21(20)28-16-22(26)24-19-10-8-9-18(15-19)13-14-23(27)25(3)4/h6-12,15,17H,5,13-14,16H2,1-4H3,(H,24,26). The zero-order valence-electron chi connectivity index (χ0n) is 17.2. The van der Waals surface area contributed by atoms with Gasteiger partial charge in [0.1, 0.15) is 5.75 Å². The Kier molecular flexibility index (Phi) is 8.05. The lowest BCUT2D eigenvalue weighted by molar-refractivity contribution is -0.128. The molecule has 0 saturated heterocycles. The third-order valence-electron chi connectivity index (χ3n) is 4.76. The first kappa shape index (κ1) is 21.5. The Morgan fingerprint density at radius 1 is 1.11 bits per heavy atom. The van der Waals surface area contributed by atoms with Gasteiger partial charge in [-0.05, 0) is 48.1 Å². The second kappa shape index (κ2) is 10.5. The van der Waals surface area contributed by atoms with E-state index in [2.05, 4.69) is 19.2 Å². The van der Waals surface area contributed by atoms with Crippen LogP contribution in [0.25, 0.3) is 0 Å². The maximum absolute atomic E-state index is 12.3. The highest BCUT2D eigenvalue weighted by Crippen LogP contribution is 2.28. The van der Waals surface area contributed by atoms with E-state index < -0.39 is 0 Å². The van der Waals surface area contributed by atoms with Crippen LogP contribution in [-0.2, 0) is 16.0 Å². The number of nitrogens with zero attached hydrogens (tertiary/aromatic N) is 1. The Bertz CT molecular complexity index is 802. The van der Waals surface area contributed by atoms with Gasteiger partial charge in [-0.3, -0.25) is 9.59 Å². The van der Waals surface area contributed by atoms with E-state index in [0.717, 1.165) is 23.3 Å². The minimum absolute atomic E-state index is 0.0449. The van der Waals surface area contributed by atoms with Gasteiger partial charge in [0, 0.05) is 26.2 Å². The van der Waals surface area contributed by atoms with Gasteiger partial charge < -0.3 is 15.0 Å². The molecule has 1 atom stereocenters. The molecule has 0 spiro atoms. The molecule has 150 valence electrons. The summed E-state index contributed by atoms with van der Waals surface area (Å²) in [6.45, 7) is 4.23. The Hall–Kier alpha value is -2.82. The van der Waals surface area contributed by atoms with Gasteiger partial charge in [0.15, 0.2) is 6.61 Å². The number of rotatable bonds is 9. The molecule has 5 nitrogen and oxygen atoms in total. The van der Waals surface area contributed by atoms with E-state index in [9.17, 15) is 9.59 Å². The van der Waals surface area contributed by atoms with E-state index in [0.29, 0.717) is 24.4 Å². The predicted molar refractivity (Wildman–Crippen MR) is 113 cm³/mol. The van der Waals surface area contributed by atoms with Gasteiger partial charge >= 0.3 is 0 Å². The number of amides is 2. The van der Waals surface area contributed by atoms with Crippen molar-refractivity contribution in [1.82, 2.24) is 4.90 Å². The van der Waals surface area contributed by atoms with E-state index in [4.69, 9.17) is 4.74 Å². The van der Waals surface area contributed by atoms with Crippen molar-refractivity contribution < 1.29 is 14.3 Å². The summed E-state index contributed by atoms with van der Waals surface area (Å²) < 4.78 is 5.77. The summed E-state index contributed by atoms with van der Waals surface area (Å²) in [6.07, 6.45) is 2.09. The van der Waals surface area contributed by atoms with E-state index in [1.165, 1.54) is 0 Å². The van der Waals surface area contributed by atoms with Crippen molar-refractivity contribution in [1.29, 1.82) is 0 Å². The molecule has 1 N–H and O–H groups in total. The fourth-order valence-corrected chi connectivity index (χ4v) is 2.86. The van der Waals surface area contributed by atoms with Crippen LogP contribution in [-0.4, -0.2) is 37.4 Å². The Morgan fingerprint density at radius 2 is 1.86 bits per heavy atom. The Labute approximate surface area is 167 Å². The second-order valence-corrected chi connectivity index (χ2v) is 7.17. The van der Waals surface area contributed by atoms with Crippen molar-refractivity contribution in [3.05, 3.63) is 59.7 Å². The molecule has 28 heavy (non-hydrogen) atoms. The smallest absolute Gasteiger partial charge is 0.262 e. The lowest BCUT2D eigenvalue weighted by atomic mass is 9.98. The highest BCUT2D eigenvalue weighted by Gasteiger charge is 2.11. The molecule has 0 saturated carbocycles. The largest absolute Gasteiger partial charge is 0.483 e. The summed E-state index contributed by atoms with van der Waals surface area (Å²) >= 11 is 0.